The molecule has 0 aromatic heterocycles. The highest BCUT2D eigenvalue weighted by molar-refractivity contribution is 7.86. The van der Waals surface area contributed by atoms with Crippen molar-refractivity contribution in [2.45, 2.75) is 23.5 Å². The molecule has 0 amide bonds. The minimum atomic E-state index is -1.36. The molecule has 0 N–H and O–H groups in total. The summed E-state index contributed by atoms with van der Waals surface area (Å²) in [6, 6.07) is 7.37. The zero-order valence-corrected chi connectivity index (χ0v) is 8.55. The Labute approximate surface area is 84.8 Å². The molecule has 0 saturated carbocycles. The second kappa shape index (κ2) is 4.87. The van der Waals surface area contributed by atoms with Crippen LogP contribution < -0.4 is 0 Å². The summed E-state index contributed by atoms with van der Waals surface area (Å²) in [5, 5.41) is 8.18. The van der Waals surface area contributed by atoms with E-state index in [2.05, 4.69) is 0 Å². The summed E-state index contributed by atoms with van der Waals surface area (Å²) in [5.41, 5.74) is 0. The SMILES string of the molecule is CCC(C#N)S(=O)c1ccc(F)cc1. The van der Waals surface area contributed by atoms with E-state index in [1.807, 2.05) is 6.07 Å². The van der Waals surface area contributed by atoms with Crippen LogP contribution in [-0.4, -0.2) is 9.46 Å². The zero-order chi connectivity index (χ0) is 10.6. The number of halogens is 1. The van der Waals surface area contributed by atoms with Crippen LogP contribution in [0, 0.1) is 17.1 Å². The van der Waals surface area contributed by atoms with Gasteiger partial charge in [0.25, 0.3) is 0 Å². The molecule has 0 heterocycles. The van der Waals surface area contributed by atoms with Crippen molar-refractivity contribution >= 4 is 10.8 Å². The maximum Gasteiger partial charge on any atom is 0.126 e. The molecule has 74 valence electrons. The molecule has 1 rings (SSSR count). The second-order valence-electron chi connectivity index (χ2n) is 2.78. The third-order valence-corrected chi connectivity index (χ3v) is 3.51. The van der Waals surface area contributed by atoms with E-state index in [1.54, 1.807) is 6.92 Å². The van der Waals surface area contributed by atoms with E-state index >= 15 is 0 Å². The third kappa shape index (κ3) is 2.39. The van der Waals surface area contributed by atoms with Crippen LogP contribution in [0.15, 0.2) is 29.2 Å². The standard InChI is InChI=1S/C10H10FNOS/c1-2-9(7-12)14(13)10-5-3-8(11)4-6-10/h3-6,9H,2H2,1H3. The van der Waals surface area contributed by atoms with Crippen molar-refractivity contribution in [2.24, 2.45) is 0 Å². The predicted molar refractivity (Wildman–Crippen MR) is 52.5 cm³/mol. The molecular formula is C10H10FNOS. The molecule has 0 spiro atoms. The third-order valence-electron chi connectivity index (χ3n) is 1.82. The maximum absolute atomic E-state index is 12.6. The molecule has 1 aromatic rings. The molecule has 2 unspecified atom stereocenters. The van der Waals surface area contributed by atoms with E-state index in [9.17, 15) is 8.60 Å². The summed E-state index contributed by atoms with van der Waals surface area (Å²) in [6.07, 6.45) is 0.528. The van der Waals surface area contributed by atoms with E-state index in [4.69, 9.17) is 5.26 Å². The van der Waals surface area contributed by atoms with Crippen molar-refractivity contribution in [2.75, 3.05) is 0 Å². The first kappa shape index (κ1) is 10.9. The van der Waals surface area contributed by atoms with Gasteiger partial charge < -0.3 is 0 Å². The Morgan fingerprint density at radius 3 is 2.50 bits per heavy atom. The minimum absolute atomic E-state index is 0.365. The lowest BCUT2D eigenvalue weighted by molar-refractivity contribution is 0.626. The number of hydrogen-bond acceptors (Lipinski definition) is 2. The van der Waals surface area contributed by atoms with Gasteiger partial charge in [0.2, 0.25) is 0 Å². The first-order valence-corrected chi connectivity index (χ1v) is 5.46. The van der Waals surface area contributed by atoms with Gasteiger partial charge >= 0.3 is 0 Å². The topological polar surface area (TPSA) is 40.9 Å². The molecule has 0 radical (unpaired) electrons. The van der Waals surface area contributed by atoms with E-state index in [1.165, 1.54) is 24.3 Å². The molecule has 0 bridgehead atoms. The monoisotopic (exact) mass is 211 g/mol. The first-order chi connectivity index (χ1) is 6.69. The predicted octanol–water partition coefficient (Wildman–Crippen LogP) is 2.24. The Balaban J connectivity index is 2.90. The summed E-state index contributed by atoms with van der Waals surface area (Å²) in [4.78, 5) is 0.500. The molecule has 0 aliphatic rings. The van der Waals surface area contributed by atoms with Crippen LogP contribution in [0.3, 0.4) is 0 Å². The van der Waals surface area contributed by atoms with Crippen molar-refractivity contribution < 1.29 is 8.60 Å². The highest BCUT2D eigenvalue weighted by Crippen LogP contribution is 2.13. The molecule has 4 heteroatoms. The van der Waals surface area contributed by atoms with Crippen molar-refractivity contribution in [3.63, 3.8) is 0 Å². The molecule has 2 nitrogen and oxygen atoms in total. The molecule has 0 aliphatic heterocycles. The van der Waals surface area contributed by atoms with Crippen molar-refractivity contribution in [3.8, 4) is 6.07 Å². The lowest BCUT2D eigenvalue weighted by atomic mass is 10.3. The van der Waals surface area contributed by atoms with E-state index in [0.29, 0.717) is 11.3 Å². The molecule has 0 aliphatic carbocycles. The Hall–Kier alpha value is -1.21. The van der Waals surface area contributed by atoms with Gasteiger partial charge in [0.15, 0.2) is 0 Å². The number of hydrogen-bond donors (Lipinski definition) is 0. The Morgan fingerprint density at radius 1 is 1.50 bits per heavy atom. The highest BCUT2D eigenvalue weighted by Gasteiger charge is 2.15. The minimum Gasteiger partial charge on any atom is -0.253 e. The van der Waals surface area contributed by atoms with Gasteiger partial charge in [0.05, 0.1) is 16.9 Å². The summed E-state index contributed by atoms with van der Waals surface area (Å²) in [7, 11) is -1.36. The highest BCUT2D eigenvalue weighted by atomic mass is 32.2. The smallest absolute Gasteiger partial charge is 0.126 e. The Bertz CT molecular complexity index is 369. The normalized spacial score (nSPS) is 14.4. The van der Waals surface area contributed by atoms with Gasteiger partial charge in [-0.15, -0.1) is 0 Å². The molecule has 0 saturated heterocycles. The second-order valence-corrected chi connectivity index (χ2v) is 4.41. The number of benzene rings is 1. The molecule has 0 fully saturated rings. The fourth-order valence-corrected chi connectivity index (χ4v) is 2.15. The average molecular weight is 211 g/mol. The van der Waals surface area contributed by atoms with E-state index in [0.717, 1.165) is 0 Å². The van der Waals surface area contributed by atoms with Crippen molar-refractivity contribution in [1.82, 2.24) is 0 Å². The van der Waals surface area contributed by atoms with Crippen LogP contribution in [-0.2, 0) is 10.8 Å². The van der Waals surface area contributed by atoms with Crippen LogP contribution in [0.1, 0.15) is 13.3 Å². The molecular weight excluding hydrogens is 201 g/mol. The molecule has 2 atom stereocenters. The van der Waals surface area contributed by atoms with Gasteiger partial charge in [-0.3, -0.25) is 4.21 Å². The fraction of sp³-hybridized carbons (Fsp3) is 0.300. The summed E-state index contributed by atoms with van der Waals surface area (Å²) < 4.78 is 24.2. The Morgan fingerprint density at radius 2 is 2.07 bits per heavy atom. The number of nitriles is 1. The van der Waals surface area contributed by atoms with Gasteiger partial charge in [-0.25, -0.2) is 4.39 Å². The largest absolute Gasteiger partial charge is 0.253 e. The molecule has 14 heavy (non-hydrogen) atoms. The van der Waals surface area contributed by atoms with E-state index in [-0.39, 0.29) is 5.82 Å². The van der Waals surface area contributed by atoms with E-state index < -0.39 is 16.0 Å². The van der Waals surface area contributed by atoms with Crippen LogP contribution in [0.4, 0.5) is 4.39 Å². The van der Waals surface area contributed by atoms with Crippen LogP contribution in [0.5, 0.6) is 0 Å². The Kier molecular flexibility index (Phi) is 3.78. The van der Waals surface area contributed by atoms with Crippen LogP contribution >= 0.6 is 0 Å². The first-order valence-electron chi connectivity index (χ1n) is 4.24. The summed E-state index contributed by atoms with van der Waals surface area (Å²) >= 11 is 0. The number of nitrogens with zero attached hydrogens (tertiary/aromatic N) is 1. The van der Waals surface area contributed by atoms with Gasteiger partial charge in [-0.2, -0.15) is 5.26 Å². The van der Waals surface area contributed by atoms with Gasteiger partial charge in [0.1, 0.15) is 11.1 Å². The summed E-state index contributed by atoms with van der Waals surface area (Å²) in [5.74, 6) is -0.365. The van der Waals surface area contributed by atoms with Gasteiger partial charge in [0, 0.05) is 4.90 Å². The molecule has 1 aromatic carbocycles. The van der Waals surface area contributed by atoms with Gasteiger partial charge in [-0.1, -0.05) is 6.92 Å². The lowest BCUT2D eigenvalue weighted by Gasteiger charge is -2.05. The maximum atomic E-state index is 12.6. The average Bonchev–Trinajstić information content (AvgIpc) is 2.20. The van der Waals surface area contributed by atoms with Crippen molar-refractivity contribution in [1.29, 1.82) is 5.26 Å². The van der Waals surface area contributed by atoms with Crippen molar-refractivity contribution in [3.05, 3.63) is 30.1 Å². The zero-order valence-electron chi connectivity index (χ0n) is 7.74. The van der Waals surface area contributed by atoms with Crippen LogP contribution in [0.25, 0.3) is 0 Å². The lowest BCUT2D eigenvalue weighted by Crippen LogP contribution is -2.11. The quantitative estimate of drug-likeness (QED) is 0.769. The van der Waals surface area contributed by atoms with Crippen LogP contribution in [0.2, 0.25) is 0 Å². The fourth-order valence-electron chi connectivity index (χ4n) is 1.02. The number of rotatable bonds is 3. The summed E-state index contributed by atoms with van der Waals surface area (Å²) in [6.45, 7) is 1.80. The van der Waals surface area contributed by atoms with Gasteiger partial charge in [-0.05, 0) is 30.7 Å².